The summed E-state index contributed by atoms with van der Waals surface area (Å²) in [5.74, 6) is -0.120. The van der Waals surface area contributed by atoms with Crippen molar-refractivity contribution in [1.29, 1.82) is 0 Å². The molecule has 0 saturated heterocycles. The third-order valence-electron chi connectivity index (χ3n) is 6.15. The number of carbonyl (C=O) groups excluding carboxylic acids is 1. The normalized spacial score (nSPS) is 11.2. The predicted molar refractivity (Wildman–Crippen MR) is 136 cm³/mol. The van der Waals surface area contributed by atoms with Crippen molar-refractivity contribution in [2.24, 2.45) is 0 Å². The van der Waals surface area contributed by atoms with Gasteiger partial charge >= 0.3 is 0 Å². The zero-order valence-corrected chi connectivity index (χ0v) is 18.2. The maximum atomic E-state index is 14.1. The molecule has 6 rings (SSSR count). The second kappa shape index (κ2) is 8.01. The maximum absolute atomic E-state index is 14.1. The van der Waals surface area contributed by atoms with Gasteiger partial charge in [0.2, 0.25) is 0 Å². The number of nitrogens with zero attached hydrogens (tertiary/aromatic N) is 1. The molecule has 0 amide bonds. The summed E-state index contributed by atoms with van der Waals surface area (Å²) in [6.07, 6.45) is 0. The fourth-order valence-corrected chi connectivity index (χ4v) is 4.69. The summed E-state index contributed by atoms with van der Waals surface area (Å²) in [4.78, 5) is 30.7. The quantitative estimate of drug-likeness (QED) is 0.325. The molecule has 0 atom stereocenters. The number of aromatic nitrogens is 2. The molecule has 2 heterocycles. The second-order valence-corrected chi connectivity index (χ2v) is 8.18. The van der Waals surface area contributed by atoms with E-state index in [4.69, 9.17) is 0 Å². The molecule has 4 aromatic carbocycles. The molecule has 0 aliphatic carbocycles. The number of para-hydroxylation sites is 2. The SMILES string of the molecule is O=C(c1ccccc1)c1c(-c2ccccc2)c2c(=O)[nH]c3ccccc3n2c1-c1ccccc1. The zero-order chi connectivity index (χ0) is 23.1. The van der Waals surface area contributed by atoms with Gasteiger partial charge in [0.05, 0.1) is 22.3 Å². The summed E-state index contributed by atoms with van der Waals surface area (Å²) in [6, 6.07) is 36.4. The Balaban J connectivity index is 1.88. The summed E-state index contributed by atoms with van der Waals surface area (Å²) in [5, 5.41) is 0. The van der Waals surface area contributed by atoms with Gasteiger partial charge in [0.1, 0.15) is 5.52 Å². The minimum atomic E-state index is -0.234. The Bertz CT molecular complexity index is 1710. The Morgan fingerprint density at radius 2 is 1.21 bits per heavy atom. The lowest BCUT2D eigenvalue weighted by molar-refractivity contribution is 0.104. The fraction of sp³-hybridized carbons (Fsp3) is 0. The number of benzene rings is 4. The van der Waals surface area contributed by atoms with Crippen LogP contribution in [-0.2, 0) is 0 Å². The van der Waals surface area contributed by atoms with Crippen LogP contribution < -0.4 is 5.56 Å². The van der Waals surface area contributed by atoms with E-state index in [0.717, 1.165) is 16.6 Å². The van der Waals surface area contributed by atoms with Gasteiger partial charge in [-0.15, -0.1) is 0 Å². The van der Waals surface area contributed by atoms with Crippen molar-refractivity contribution in [2.45, 2.75) is 0 Å². The van der Waals surface area contributed by atoms with Crippen LogP contribution in [0.5, 0.6) is 0 Å². The first-order valence-electron chi connectivity index (χ1n) is 11.1. The predicted octanol–water partition coefficient (Wildman–Crippen LogP) is 6.35. The second-order valence-electron chi connectivity index (χ2n) is 8.18. The molecule has 0 fully saturated rings. The van der Waals surface area contributed by atoms with E-state index in [9.17, 15) is 9.59 Å². The molecule has 162 valence electrons. The van der Waals surface area contributed by atoms with Crippen LogP contribution in [0, 0.1) is 0 Å². The van der Waals surface area contributed by atoms with Crippen LogP contribution in [0.25, 0.3) is 38.9 Å². The first-order chi connectivity index (χ1) is 16.7. The number of H-pyrrole nitrogens is 1. The first kappa shape index (κ1) is 19.9. The number of hydrogen-bond donors (Lipinski definition) is 1. The van der Waals surface area contributed by atoms with E-state index < -0.39 is 0 Å². The first-order valence-corrected chi connectivity index (χ1v) is 11.1. The molecule has 1 N–H and O–H groups in total. The molecular formula is C30H20N2O2. The number of carbonyl (C=O) groups is 1. The molecule has 0 spiro atoms. The van der Waals surface area contributed by atoms with E-state index >= 15 is 0 Å². The van der Waals surface area contributed by atoms with Crippen LogP contribution in [0.3, 0.4) is 0 Å². The molecule has 0 aliphatic heterocycles. The van der Waals surface area contributed by atoms with Gasteiger partial charge < -0.3 is 9.38 Å². The van der Waals surface area contributed by atoms with Crippen molar-refractivity contribution >= 4 is 22.3 Å². The monoisotopic (exact) mass is 440 g/mol. The third kappa shape index (κ3) is 3.08. The van der Waals surface area contributed by atoms with Gasteiger partial charge in [0.15, 0.2) is 5.78 Å². The van der Waals surface area contributed by atoms with E-state index in [1.807, 2.05) is 120 Å². The number of nitrogens with one attached hydrogen (secondary N) is 1. The van der Waals surface area contributed by atoms with Gasteiger partial charge in [0, 0.05) is 11.1 Å². The Hall–Kier alpha value is -4.70. The van der Waals surface area contributed by atoms with E-state index in [1.165, 1.54) is 0 Å². The Morgan fingerprint density at radius 1 is 0.647 bits per heavy atom. The Kier molecular flexibility index (Phi) is 4.70. The van der Waals surface area contributed by atoms with Gasteiger partial charge in [-0.25, -0.2) is 0 Å². The molecule has 34 heavy (non-hydrogen) atoms. The number of fused-ring (bicyclic) bond motifs is 3. The summed E-state index contributed by atoms with van der Waals surface area (Å²) in [5.41, 5.74) is 5.91. The van der Waals surface area contributed by atoms with E-state index in [1.54, 1.807) is 0 Å². The van der Waals surface area contributed by atoms with Crippen molar-refractivity contribution in [2.75, 3.05) is 0 Å². The summed E-state index contributed by atoms with van der Waals surface area (Å²) < 4.78 is 1.95. The van der Waals surface area contributed by atoms with Crippen molar-refractivity contribution in [3.05, 3.63) is 137 Å². The molecular weight excluding hydrogens is 420 g/mol. The van der Waals surface area contributed by atoms with Crippen molar-refractivity contribution < 1.29 is 4.79 Å². The zero-order valence-electron chi connectivity index (χ0n) is 18.2. The Morgan fingerprint density at radius 3 is 1.88 bits per heavy atom. The van der Waals surface area contributed by atoms with Gasteiger partial charge in [-0.2, -0.15) is 0 Å². The molecule has 0 saturated carbocycles. The standard InChI is InChI=1S/C30H20N2O2/c33-29(22-16-8-3-9-17-22)26-25(20-12-4-1-5-13-20)28-30(34)31-23-18-10-11-19-24(23)32(28)27(26)21-14-6-2-7-15-21/h1-19H,(H,31,34). The van der Waals surface area contributed by atoms with Crippen LogP contribution in [0.2, 0.25) is 0 Å². The summed E-state index contributed by atoms with van der Waals surface area (Å²) >= 11 is 0. The number of hydrogen-bond acceptors (Lipinski definition) is 2. The molecule has 6 aromatic rings. The minimum absolute atomic E-state index is 0.120. The molecule has 2 aromatic heterocycles. The lowest BCUT2D eigenvalue weighted by Crippen LogP contribution is -2.11. The van der Waals surface area contributed by atoms with Crippen LogP contribution in [0.4, 0.5) is 0 Å². The molecule has 0 aliphatic rings. The summed E-state index contributed by atoms with van der Waals surface area (Å²) in [7, 11) is 0. The average Bonchev–Trinajstić information content (AvgIpc) is 3.27. The van der Waals surface area contributed by atoms with Crippen molar-refractivity contribution in [1.82, 2.24) is 9.38 Å². The third-order valence-corrected chi connectivity index (χ3v) is 6.15. The highest BCUT2D eigenvalue weighted by molar-refractivity contribution is 6.19. The van der Waals surface area contributed by atoms with E-state index in [2.05, 4.69) is 4.98 Å². The molecule has 0 bridgehead atoms. The molecule has 4 nitrogen and oxygen atoms in total. The highest BCUT2D eigenvalue weighted by Gasteiger charge is 2.29. The number of ketones is 1. The van der Waals surface area contributed by atoms with Crippen LogP contribution in [0.1, 0.15) is 15.9 Å². The fourth-order valence-electron chi connectivity index (χ4n) is 4.69. The van der Waals surface area contributed by atoms with Gasteiger partial charge in [0.25, 0.3) is 5.56 Å². The average molecular weight is 441 g/mol. The van der Waals surface area contributed by atoms with Crippen molar-refractivity contribution in [3.8, 4) is 22.4 Å². The Labute approximate surface area is 195 Å². The highest BCUT2D eigenvalue weighted by atomic mass is 16.1. The van der Waals surface area contributed by atoms with Crippen molar-refractivity contribution in [3.63, 3.8) is 0 Å². The number of rotatable bonds is 4. The summed E-state index contributed by atoms with van der Waals surface area (Å²) in [6.45, 7) is 0. The van der Waals surface area contributed by atoms with Gasteiger partial charge in [-0.05, 0) is 23.3 Å². The van der Waals surface area contributed by atoms with E-state index in [0.29, 0.717) is 33.4 Å². The molecule has 0 unspecified atom stereocenters. The minimum Gasteiger partial charge on any atom is -0.319 e. The molecule has 4 heteroatoms. The van der Waals surface area contributed by atoms with Gasteiger partial charge in [-0.3, -0.25) is 9.59 Å². The molecule has 0 radical (unpaired) electrons. The van der Waals surface area contributed by atoms with Crippen LogP contribution >= 0.6 is 0 Å². The van der Waals surface area contributed by atoms with E-state index in [-0.39, 0.29) is 11.3 Å². The van der Waals surface area contributed by atoms with Gasteiger partial charge in [-0.1, -0.05) is 103 Å². The smallest absolute Gasteiger partial charge is 0.273 e. The van der Waals surface area contributed by atoms with Crippen LogP contribution in [0.15, 0.2) is 120 Å². The largest absolute Gasteiger partial charge is 0.319 e. The topological polar surface area (TPSA) is 54.3 Å². The highest BCUT2D eigenvalue weighted by Crippen LogP contribution is 2.40. The lowest BCUT2D eigenvalue weighted by Gasteiger charge is -2.10. The lowest BCUT2D eigenvalue weighted by atomic mass is 9.93. The van der Waals surface area contributed by atoms with Crippen LogP contribution in [-0.4, -0.2) is 15.2 Å². The number of aromatic amines is 1. The maximum Gasteiger partial charge on any atom is 0.273 e.